The van der Waals surface area contributed by atoms with E-state index in [0.29, 0.717) is 19.0 Å². The number of nitrogens with zero attached hydrogens (tertiary/aromatic N) is 1. The maximum Gasteiger partial charge on any atom is 0.231 e. The summed E-state index contributed by atoms with van der Waals surface area (Å²) in [4.78, 5) is 16.2. The van der Waals surface area contributed by atoms with Gasteiger partial charge in [-0.15, -0.1) is 0 Å². The highest BCUT2D eigenvalue weighted by Gasteiger charge is 2.23. The molecule has 2 heterocycles. The number of anilines is 1. The number of nitrogens with one attached hydrogen (secondary N) is 1. The van der Waals surface area contributed by atoms with Crippen molar-refractivity contribution in [3.05, 3.63) is 36.5 Å². The van der Waals surface area contributed by atoms with Gasteiger partial charge in [0.25, 0.3) is 0 Å². The summed E-state index contributed by atoms with van der Waals surface area (Å²) in [7, 11) is 0. The zero-order chi connectivity index (χ0) is 12.4. The standard InChI is InChI=1S/C14H14N2O2/c17-14(12-5-6-18-9-12)16-13-7-10-3-1-2-4-11(10)8-15-13/h1-4,7-8,12H,5-6,9H2,(H,15,16,17). The first kappa shape index (κ1) is 11.2. The van der Waals surface area contributed by atoms with Gasteiger partial charge in [-0.1, -0.05) is 24.3 Å². The Bertz CT molecular complexity index is 577. The SMILES string of the molecule is O=C(Nc1cc2ccccc2cn1)C1CCOC1. The molecule has 1 amide bonds. The fraction of sp³-hybridized carbons (Fsp3) is 0.286. The topological polar surface area (TPSA) is 51.2 Å². The first-order valence-corrected chi connectivity index (χ1v) is 6.06. The molecule has 3 rings (SSSR count). The molecule has 0 saturated carbocycles. The van der Waals surface area contributed by atoms with Gasteiger partial charge in [0, 0.05) is 18.2 Å². The number of carbonyl (C=O) groups excluding carboxylic acids is 1. The van der Waals surface area contributed by atoms with E-state index in [4.69, 9.17) is 4.74 Å². The van der Waals surface area contributed by atoms with Gasteiger partial charge in [0.2, 0.25) is 5.91 Å². The minimum absolute atomic E-state index is 0.00437. The van der Waals surface area contributed by atoms with E-state index in [2.05, 4.69) is 10.3 Å². The number of fused-ring (bicyclic) bond motifs is 1. The van der Waals surface area contributed by atoms with Crippen molar-refractivity contribution in [2.24, 2.45) is 5.92 Å². The van der Waals surface area contributed by atoms with Crippen molar-refractivity contribution >= 4 is 22.5 Å². The van der Waals surface area contributed by atoms with Gasteiger partial charge in [-0.05, 0) is 17.9 Å². The van der Waals surface area contributed by atoms with Crippen LogP contribution >= 0.6 is 0 Å². The predicted molar refractivity (Wildman–Crippen MR) is 69.3 cm³/mol. The van der Waals surface area contributed by atoms with Gasteiger partial charge in [-0.2, -0.15) is 0 Å². The second-order valence-corrected chi connectivity index (χ2v) is 4.47. The van der Waals surface area contributed by atoms with E-state index in [0.717, 1.165) is 17.2 Å². The summed E-state index contributed by atoms with van der Waals surface area (Å²) in [6, 6.07) is 9.84. The van der Waals surface area contributed by atoms with E-state index < -0.39 is 0 Å². The van der Waals surface area contributed by atoms with E-state index in [1.54, 1.807) is 6.20 Å². The van der Waals surface area contributed by atoms with Crippen molar-refractivity contribution in [3.63, 3.8) is 0 Å². The Morgan fingerprint density at radius 3 is 2.94 bits per heavy atom. The summed E-state index contributed by atoms with van der Waals surface area (Å²) in [5.74, 6) is 0.555. The van der Waals surface area contributed by atoms with Crippen LogP contribution in [0, 0.1) is 5.92 Å². The van der Waals surface area contributed by atoms with Crippen LogP contribution in [-0.4, -0.2) is 24.1 Å². The number of aromatic nitrogens is 1. The van der Waals surface area contributed by atoms with Crippen LogP contribution < -0.4 is 5.32 Å². The molecular formula is C14H14N2O2. The van der Waals surface area contributed by atoms with E-state index in [1.165, 1.54) is 0 Å². The lowest BCUT2D eigenvalue weighted by Crippen LogP contribution is -2.23. The average molecular weight is 242 g/mol. The quantitative estimate of drug-likeness (QED) is 0.878. The van der Waals surface area contributed by atoms with Crippen molar-refractivity contribution in [1.29, 1.82) is 0 Å². The molecule has 0 bridgehead atoms. The van der Waals surface area contributed by atoms with E-state index in [1.807, 2.05) is 30.3 Å². The van der Waals surface area contributed by atoms with Crippen molar-refractivity contribution < 1.29 is 9.53 Å². The Hall–Kier alpha value is -1.94. The highest BCUT2D eigenvalue weighted by molar-refractivity contribution is 5.94. The lowest BCUT2D eigenvalue weighted by molar-refractivity contribution is -0.119. The Labute approximate surface area is 105 Å². The summed E-state index contributed by atoms with van der Waals surface area (Å²) in [6.45, 7) is 1.18. The molecule has 1 atom stereocenters. The molecule has 1 aromatic carbocycles. The van der Waals surface area contributed by atoms with Crippen molar-refractivity contribution in [3.8, 4) is 0 Å². The molecule has 1 aliphatic rings. The molecule has 1 aliphatic heterocycles. The first-order chi connectivity index (χ1) is 8.83. The molecule has 2 aromatic rings. The van der Waals surface area contributed by atoms with Crippen molar-refractivity contribution in [2.45, 2.75) is 6.42 Å². The largest absolute Gasteiger partial charge is 0.381 e. The zero-order valence-electron chi connectivity index (χ0n) is 9.93. The molecule has 0 radical (unpaired) electrons. The number of rotatable bonds is 2. The molecule has 1 aromatic heterocycles. The maximum absolute atomic E-state index is 11.9. The molecule has 92 valence electrons. The molecule has 0 aliphatic carbocycles. The third-order valence-electron chi connectivity index (χ3n) is 3.18. The smallest absolute Gasteiger partial charge is 0.231 e. The summed E-state index contributed by atoms with van der Waals surface area (Å²) in [5, 5.41) is 4.99. The molecule has 4 nitrogen and oxygen atoms in total. The predicted octanol–water partition coefficient (Wildman–Crippen LogP) is 2.21. The molecular weight excluding hydrogens is 228 g/mol. The molecule has 1 unspecified atom stereocenters. The number of hydrogen-bond donors (Lipinski definition) is 1. The second-order valence-electron chi connectivity index (χ2n) is 4.47. The summed E-state index contributed by atoms with van der Waals surface area (Å²) in [5.41, 5.74) is 0. The Balaban J connectivity index is 1.79. The summed E-state index contributed by atoms with van der Waals surface area (Å²) < 4.78 is 5.20. The second kappa shape index (κ2) is 4.74. The molecule has 0 spiro atoms. The number of hydrogen-bond acceptors (Lipinski definition) is 3. The fourth-order valence-electron chi connectivity index (χ4n) is 2.12. The van der Waals surface area contributed by atoms with E-state index >= 15 is 0 Å². The van der Waals surface area contributed by atoms with Gasteiger partial charge < -0.3 is 10.1 Å². The van der Waals surface area contributed by atoms with Crippen LogP contribution in [0.5, 0.6) is 0 Å². The van der Waals surface area contributed by atoms with E-state index in [9.17, 15) is 4.79 Å². The van der Waals surface area contributed by atoms with Gasteiger partial charge in [0.1, 0.15) is 5.82 Å². The van der Waals surface area contributed by atoms with Crippen molar-refractivity contribution in [2.75, 3.05) is 18.5 Å². The number of ether oxygens (including phenoxy) is 1. The Kier molecular flexibility index (Phi) is 2.94. The van der Waals surface area contributed by atoms with Crippen LogP contribution in [0.4, 0.5) is 5.82 Å². The van der Waals surface area contributed by atoms with Crippen LogP contribution in [0.2, 0.25) is 0 Å². The first-order valence-electron chi connectivity index (χ1n) is 6.06. The van der Waals surface area contributed by atoms with Gasteiger partial charge in [0.15, 0.2) is 0 Å². The number of pyridine rings is 1. The Morgan fingerprint density at radius 2 is 2.17 bits per heavy atom. The molecule has 18 heavy (non-hydrogen) atoms. The summed E-state index contributed by atoms with van der Waals surface area (Å²) in [6.07, 6.45) is 2.56. The maximum atomic E-state index is 11.9. The van der Waals surface area contributed by atoms with Crippen LogP contribution in [-0.2, 0) is 9.53 Å². The van der Waals surface area contributed by atoms with Crippen LogP contribution in [0.3, 0.4) is 0 Å². The molecule has 4 heteroatoms. The molecule has 1 fully saturated rings. The van der Waals surface area contributed by atoms with E-state index in [-0.39, 0.29) is 11.8 Å². The van der Waals surface area contributed by atoms with Crippen LogP contribution in [0.15, 0.2) is 36.5 Å². The summed E-state index contributed by atoms with van der Waals surface area (Å²) >= 11 is 0. The fourth-order valence-corrected chi connectivity index (χ4v) is 2.12. The zero-order valence-corrected chi connectivity index (χ0v) is 9.93. The van der Waals surface area contributed by atoms with Crippen molar-refractivity contribution in [1.82, 2.24) is 4.98 Å². The lowest BCUT2D eigenvalue weighted by atomic mass is 10.1. The van der Waals surface area contributed by atoms with Gasteiger partial charge >= 0.3 is 0 Å². The Morgan fingerprint density at radius 1 is 1.33 bits per heavy atom. The van der Waals surface area contributed by atoms with Gasteiger partial charge in [-0.25, -0.2) is 4.98 Å². The van der Waals surface area contributed by atoms with Crippen LogP contribution in [0.1, 0.15) is 6.42 Å². The monoisotopic (exact) mass is 242 g/mol. The lowest BCUT2D eigenvalue weighted by Gasteiger charge is -2.09. The molecule has 1 saturated heterocycles. The third kappa shape index (κ3) is 2.19. The number of carbonyl (C=O) groups is 1. The van der Waals surface area contributed by atoms with Crippen LogP contribution in [0.25, 0.3) is 10.8 Å². The number of benzene rings is 1. The highest BCUT2D eigenvalue weighted by Crippen LogP contribution is 2.18. The number of amides is 1. The third-order valence-corrected chi connectivity index (χ3v) is 3.18. The normalized spacial score (nSPS) is 19.0. The van der Waals surface area contributed by atoms with Gasteiger partial charge in [-0.3, -0.25) is 4.79 Å². The highest BCUT2D eigenvalue weighted by atomic mass is 16.5. The average Bonchev–Trinajstić information content (AvgIpc) is 2.92. The molecule has 1 N–H and O–H groups in total. The minimum Gasteiger partial charge on any atom is -0.381 e. The van der Waals surface area contributed by atoms with Gasteiger partial charge in [0.05, 0.1) is 12.5 Å². The minimum atomic E-state index is -0.0433.